The Kier molecular flexibility index (Phi) is 45.7. The first-order chi connectivity index (χ1) is 24.5. The number of ether oxygens (including phenoxy) is 4. The smallest absolute Gasteiger partial charge is 0.290 e. The molecule has 1 unspecified atom stereocenters. The van der Waals surface area contributed by atoms with Crippen LogP contribution in [-0.2, 0) is 52.5 Å². The molecule has 20 nitrogen and oxygen atoms in total. The van der Waals surface area contributed by atoms with Gasteiger partial charge in [0.2, 0.25) is 29.5 Å². The summed E-state index contributed by atoms with van der Waals surface area (Å²) in [7, 11) is 1.80. The van der Waals surface area contributed by atoms with Crippen molar-refractivity contribution in [3.8, 4) is 0 Å². The Morgan fingerprint density at radius 3 is 1.61 bits per heavy atom. The van der Waals surface area contributed by atoms with E-state index in [1.54, 1.807) is 7.05 Å². The number of hydrogen-bond donors (Lipinski definition) is 9. The number of carbonyl (C=O) groups excluding carboxylic acids is 5. The van der Waals surface area contributed by atoms with Crippen molar-refractivity contribution < 1.29 is 67.8 Å². The molecule has 0 aromatic rings. The maximum atomic E-state index is 12.1. The van der Waals surface area contributed by atoms with Gasteiger partial charge in [-0.15, -0.1) is 0 Å². The first-order valence-electron chi connectivity index (χ1n) is 16.4. The Balaban J connectivity index is -0.00000126. The van der Waals surface area contributed by atoms with Gasteiger partial charge in [-0.2, -0.15) is 0 Å². The summed E-state index contributed by atoms with van der Waals surface area (Å²) in [5, 5.41) is 37.2. The number of nitrogens with one attached hydrogen (secondary N) is 5. The summed E-state index contributed by atoms with van der Waals surface area (Å²) in [4.78, 5) is 74.8. The zero-order valence-corrected chi connectivity index (χ0v) is 30.1. The van der Waals surface area contributed by atoms with Crippen LogP contribution in [0.25, 0.3) is 0 Å². The Labute approximate surface area is 299 Å². The van der Waals surface area contributed by atoms with Crippen LogP contribution < -0.4 is 32.3 Å². The Bertz CT molecular complexity index is 921. The Morgan fingerprint density at radius 1 is 0.667 bits per heavy atom. The minimum Gasteiger partial charge on any atom is -0.511 e. The first kappa shape index (κ1) is 53.4. The lowest BCUT2D eigenvalue weighted by Gasteiger charge is -2.17. The fraction of sp³-hybridized carbons (Fsp3) is 0.710. The van der Waals surface area contributed by atoms with E-state index in [-0.39, 0.29) is 114 Å². The molecule has 0 heterocycles. The second-order valence-electron chi connectivity index (χ2n) is 9.52. The van der Waals surface area contributed by atoms with Gasteiger partial charge in [0.1, 0.15) is 19.0 Å². The van der Waals surface area contributed by atoms with E-state index >= 15 is 0 Å². The van der Waals surface area contributed by atoms with Gasteiger partial charge in [0, 0.05) is 38.9 Å². The van der Waals surface area contributed by atoms with Crippen molar-refractivity contribution >= 4 is 42.5 Å². The summed E-state index contributed by atoms with van der Waals surface area (Å²) < 4.78 is 20.7. The molecule has 0 aromatic heterocycles. The van der Waals surface area contributed by atoms with Gasteiger partial charge in [0.15, 0.2) is 0 Å². The molecule has 20 heteroatoms. The maximum Gasteiger partial charge on any atom is 0.290 e. The molecule has 0 aromatic carbocycles. The van der Waals surface area contributed by atoms with E-state index in [9.17, 15) is 29.1 Å². The molecule has 5 amide bonds. The quantitative estimate of drug-likeness (QED) is 0.0238. The second-order valence-corrected chi connectivity index (χ2v) is 9.52. The molecule has 0 fully saturated rings. The number of primary amides is 1. The average Bonchev–Trinajstić information content (AvgIpc) is 3.08. The molecule has 0 aliphatic rings. The van der Waals surface area contributed by atoms with Crippen LogP contribution in [0.2, 0.25) is 0 Å². The highest BCUT2D eigenvalue weighted by atomic mass is 16.5. The standard InChI is InChI=1S/C27H50N6O10.C2H6.2CH2O2/c1-21(34)22(33-26(38)6-3-9-29-2)7-8-25(37)30-10-4-5-24(36)31-11-13-40-16-18-43-20-27(39)32-12-14-41-15-17-42-19-23(28)35;1-2;2*2-1-3/h22,29,34H,1,3-20H2,2H3,(H2,28,35)(H,30,37)(H,31,36)(H,32,39)(H,33,38);1-2H3;2*1H,(H,2,3). The monoisotopic (exact) mass is 740 g/mol. The van der Waals surface area contributed by atoms with Crippen molar-refractivity contribution in [2.45, 2.75) is 58.4 Å². The second kappa shape index (κ2) is 43.7. The zero-order chi connectivity index (χ0) is 39.5. The molecule has 0 radical (unpaired) electrons. The highest BCUT2D eigenvalue weighted by molar-refractivity contribution is 5.78. The van der Waals surface area contributed by atoms with E-state index in [2.05, 4.69) is 33.2 Å². The largest absolute Gasteiger partial charge is 0.511 e. The number of aliphatic hydroxyl groups is 1. The number of aliphatic hydroxyl groups excluding tert-OH is 1. The minimum absolute atomic E-state index is 0.0892. The predicted octanol–water partition coefficient (Wildman–Crippen LogP) is -1.57. The highest BCUT2D eigenvalue weighted by Gasteiger charge is 2.16. The summed E-state index contributed by atoms with van der Waals surface area (Å²) in [5.74, 6) is -1.69. The normalized spacial score (nSPS) is 10.2. The van der Waals surface area contributed by atoms with Gasteiger partial charge in [-0.05, 0) is 32.9 Å². The van der Waals surface area contributed by atoms with Crippen LogP contribution in [0.5, 0.6) is 0 Å². The van der Waals surface area contributed by atoms with Gasteiger partial charge in [0.25, 0.3) is 12.9 Å². The van der Waals surface area contributed by atoms with Gasteiger partial charge >= 0.3 is 0 Å². The molecular weight excluding hydrogens is 680 g/mol. The molecule has 1 atom stereocenters. The van der Waals surface area contributed by atoms with Crippen molar-refractivity contribution in [3.63, 3.8) is 0 Å². The van der Waals surface area contributed by atoms with Gasteiger partial charge in [-0.1, -0.05) is 20.4 Å². The molecule has 0 spiro atoms. The highest BCUT2D eigenvalue weighted by Crippen LogP contribution is 2.06. The third kappa shape index (κ3) is 47.8. The number of amides is 5. The minimum atomic E-state index is -0.697. The van der Waals surface area contributed by atoms with Crippen molar-refractivity contribution in [1.29, 1.82) is 0 Å². The Morgan fingerprint density at radius 2 is 1.10 bits per heavy atom. The third-order valence-electron chi connectivity index (χ3n) is 5.49. The molecule has 0 aliphatic carbocycles. The number of carbonyl (C=O) groups is 7. The summed E-state index contributed by atoms with van der Waals surface area (Å²) in [6.07, 6.45) is 1.94. The van der Waals surface area contributed by atoms with Crippen LogP contribution in [0.4, 0.5) is 0 Å². The van der Waals surface area contributed by atoms with Gasteiger partial charge < -0.3 is 66.6 Å². The summed E-state index contributed by atoms with van der Waals surface area (Å²) in [6.45, 7) is 9.87. The van der Waals surface area contributed by atoms with Crippen molar-refractivity contribution in [3.05, 3.63) is 12.3 Å². The van der Waals surface area contributed by atoms with E-state index < -0.39 is 11.9 Å². The number of nitrogens with two attached hydrogens (primary N) is 1. The van der Waals surface area contributed by atoms with Crippen molar-refractivity contribution in [1.82, 2.24) is 26.6 Å². The molecule has 0 rings (SSSR count). The maximum absolute atomic E-state index is 12.1. The molecule has 10 N–H and O–H groups in total. The van der Waals surface area contributed by atoms with Crippen molar-refractivity contribution in [2.75, 3.05) is 86.1 Å². The van der Waals surface area contributed by atoms with E-state index in [4.69, 9.17) is 44.5 Å². The van der Waals surface area contributed by atoms with Crippen LogP contribution >= 0.6 is 0 Å². The topological polar surface area (TPSA) is 303 Å². The van der Waals surface area contributed by atoms with Crippen LogP contribution in [0, 0.1) is 0 Å². The van der Waals surface area contributed by atoms with Gasteiger partial charge in [-0.25, -0.2) is 0 Å². The lowest BCUT2D eigenvalue weighted by molar-refractivity contribution is -0.127. The molecule has 0 bridgehead atoms. The lowest BCUT2D eigenvalue weighted by Crippen LogP contribution is -2.37. The number of carboxylic acid groups (broad SMARTS) is 2. The summed E-state index contributed by atoms with van der Waals surface area (Å²) in [5.41, 5.74) is 4.93. The van der Waals surface area contributed by atoms with E-state index in [1.807, 2.05) is 13.8 Å². The van der Waals surface area contributed by atoms with E-state index in [0.29, 0.717) is 45.4 Å². The van der Waals surface area contributed by atoms with Crippen LogP contribution in [-0.4, -0.2) is 150 Å². The summed E-state index contributed by atoms with van der Waals surface area (Å²) >= 11 is 0. The number of rotatable bonds is 29. The van der Waals surface area contributed by atoms with Crippen LogP contribution in [0.3, 0.4) is 0 Å². The first-order valence-corrected chi connectivity index (χ1v) is 16.4. The average molecular weight is 741 g/mol. The number of hydrogen-bond acceptors (Lipinski definition) is 13. The third-order valence-corrected chi connectivity index (χ3v) is 5.49. The van der Waals surface area contributed by atoms with Crippen LogP contribution in [0.15, 0.2) is 12.3 Å². The lowest BCUT2D eigenvalue weighted by atomic mass is 10.1. The molecule has 0 aliphatic heterocycles. The molecule has 0 saturated carbocycles. The van der Waals surface area contributed by atoms with Gasteiger partial charge in [-0.3, -0.25) is 33.6 Å². The van der Waals surface area contributed by atoms with E-state index in [1.165, 1.54) is 0 Å². The predicted molar refractivity (Wildman–Crippen MR) is 186 cm³/mol. The molecular formula is C31H60N6O14. The van der Waals surface area contributed by atoms with E-state index in [0.717, 1.165) is 0 Å². The van der Waals surface area contributed by atoms with Crippen LogP contribution in [0.1, 0.15) is 52.4 Å². The molecule has 298 valence electrons. The van der Waals surface area contributed by atoms with Gasteiger partial charge in [0.05, 0.1) is 45.7 Å². The fourth-order valence-electron chi connectivity index (χ4n) is 3.30. The molecule has 0 saturated heterocycles. The summed E-state index contributed by atoms with van der Waals surface area (Å²) in [6, 6.07) is -0.697. The zero-order valence-electron chi connectivity index (χ0n) is 30.1. The fourth-order valence-corrected chi connectivity index (χ4v) is 3.30. The van der Waals surface area contributed by atoms with Crippen molar-refractivity contribution in [2.24, 2.45) is 5.73 Å². The SMILES string of the molecule is C=C(O)C(CCC(=O)NCCCC(=O)NCCOCCOCC(=O)NCCOCCOCC(N)=O)NC(=O)CCCNC.CC.O=CO.O=CO. The Hall–Kier alpha value is -4.37. The molecule has 51 heavy (non-hydrogen) atoms.